The van der Waals surface area contributed by atoms with Gasteiger partial charge in [0.05, 0.1) is 5.56 Å². The van der Waals surface area contributed by atoms with Crippen LogP contribution in [0, 0.1) is 0 Å². The SMILES string of the molecule is CN(C)C(=O)Nc1ccc(C(F)(F)F)cc1. The molecule has 0 fully saturated rings. The summed E-state index contributed by atoms with van der Waals surface area (Å²) in [6.07, 6.45) is -4.36. The molecule has 0 bridgehead atoms. The highest BCUT2D eigenvalue weighted by atomic mass is 19.4. The minimum Gasteiger partial charge on any atom is -0.331 e. The smallest absolute Gasteiger partial charge is 0.331 e. The Morgan fingerprint density at radius 2 is 1.69 bits per heavy atom. The molecule has 1 aromatic carbocycles. The highest BCUT2D eigenvalue weighted by molar-refractivity contribution is 5.88. The van der Waals surface area contributed by atoms with Gasteiger partial charge in [-0.3, -0.25) is 0 Å². The van der Waals surface area contributed by atoms with Crippen molar-refractivity contribution < 1.29 is 18.0 Å². The van der Waals surface area contributed by atoms with Crippen molar-refractivity contribution in [2.24, 2.45) is 0 Å². The summed E-state index contributed by atoms with van der Waals surface area (Å²) in [5, 5.41) is 2.44. The lowest BCUT2D eigenvalue weighted by Crippen LogP contribution is -2.27. The van der Waals surface area contributed by atoms with Crippen molar-refractivity contribution >= 4 is 11.7 Å². The average Bonchev–Trinajstić information content (AvgIpc) is 2.17. The Bertz CT molecular complexity index is 371. The molecule has 0 aliphatic rings. The monoisotopic (exact) mass is 232 g/mol. The van der Waals surface area contributed by atoms with Gasteiger partial charge in [0.15, 0.2) is 0 Å². The number of nitrogens with zero attached hydrogens (tertiary/aromatic N) is 1. The van der Waals surface area contributed by atoms with Crippen LogP contribution in [0.4, 0.5) is 23.7 Å². The molecule has 1 rings (SSSR count). The predicted molar refractivity (Wildman–Crippen MR) is 54.1 cm³/mol. The zero-order valence-electron chi connectivity index (χ0n) is 8.80. The lowest BCUT2D eigenvalue weighted by molar-refractivity contribution is -0.137. The minimum absolute atomic E-state index is 0.326. The fourth-order valence-corrected chi connectivity index (χ4v) is 0.978. The molecule has 0 heterocycles. The molecule has 2 amide bonds. The van der Waals surface area contributed by atoms with Crippen molar-refractivity contribution in [1.82, 2.24) is 4.90 Å². The molecule has 16 heavy (non-hydrogen) atoms. The average molecular weight is 232 g/mol. The number of halogens is 3. The molecule has 88 valence electrons. The van der Waals surface area contributed by atoms with Gasteiger partial charge in [0.2, 0.25) is 0 Å². The fourth-order valence-electron chi connectivity index (χ4n) is 0.978. The summed E-state index contributed by atoms with van der Waals surface area (Å²) in [6, 6.07) is 3.88. The van der Waals surface area contributed by atoms with Gasteiger partial charge >= 0.3 is 12.2 Å². The molecule has 1 aromatic rings. The number of carbonyl (C=O) groups is 1. The van der Waals surface area contributed by atoms with Crippen molar-refractivity contribution in [3.63, 3.8) is 0 Å². The summed E-state index contributed by atoms with van der Waals surface area (Å²) in [7, 11) is 3.08. The van der Waals surface area contributed by atoms with Crippen LogP contribution in [0.25, 0.3) is 0 Å². The van der Waals surface area contributed by atoms with E-state index in [4.69, 9.17) is 0 Å². The number of alkyl halides is 3. The van der Waals surface area contributed by atoms with Crippen LogP contribution < -0.4 is 5.32 Å². The quantitative estimate of drug-likeness (QED) is 0.793. The molecular formula is C10H11F3N2O. The molecule has 0 spiro atoms. The van der Waals surface area contributed by atoms with Crippen molar-refractivity contribution in [1.29, 1.82) is 0 Å². The standard InChI is InChI=1S/C10H11F3N2O/c1-15(2)9(16)14-8-5-3-7(4-6-8)10(11,12)13/h3-6H,1-2H3,(H,14,16). The second-order valence-corrected chi connectivity index (χ2v) is 3.40. The number of urea groups is 1. The van der Waals surface area contributed by atoms with Crippen molar-refractivity contribution in [3.05, 3.63) is 29.8 Å². The van der Waals surface area contributed by atoms with Crippen LogP contribution in [0.2, 0.25) is 0 Å². The van der Waals surface area contributed by atoms with E-state index in [0.29, 0.717) is 5.69 Å². The van der Waals surface area contributed by atoms with E-state index < -0.39 is 11.7 Å². The molecule has 0 unspecified atom stereocenters. The number of carbonyl (C=O) groups excluding carboxylic acids is 1. The van der Waals surface area contributed by atoms with E-state index in [-0.39, 0.29) is 6.03 Å². The molecule has 0 radical (unpaired) electrons. The van der Waals surface area contributed by atoms with Gasteiger partial charge in [-0.25, -0.2) is 4.79 Å². The van der Waals surface area contributed by atoms with Crippen molar-refractivity contribution in [2.45, 2.75) is 6.18 Å². The zero-order chi connectivity index (χ0) is 12.3. The van der Waals surface area contributed by atoms with Gasteiger partial charge in [-0.1, -0.05) is 0 Å². The summed E-state index contributed by atoms with van der Waals surface area (Å²) in [5.74, 6) is 0. The minimum atomic E-state index is -4.36. The second kappa shape index (κ2) is 4.42. The van der Waals surface area contributed by atoms with Crippen LogP contribution in [-0.2, 0) is 6.18 Å². The van der Waals surface area contributed by atoms with Crippen LogP contribution in [0.15, 0.2) is 24.3 Å². The van der Waals surface area contributed by atoms with Gasteiger partial charge < -0.3 is 10.2 Å². The molecule has 0 saturated carbocycles. The van der Waals surface area contributed by atoms with Gasteiger partial charge in [-0.2, -0.15) is 13.2 Å². The number of hydrogen-bond donors (Lipinski definition) is 1. The second-order valence-electron chi connectivity index (χ2n) is 3.40. The fraction of sp³-hybridized carbons (Fsp3) is 0.300. The molecule has 6 heteroatoms. The van der Waals surface area contributed by atoms with Crippen LogP contribution in [0.1, 0.15) is 5.56 Å². The maximum Gasteiger partial charge on any atom is 0.416 e. The highest BCUT2D eigenvalue weighted by Gasteiger charge is 2.29. The molecule has 1 N–H and O–H groups in total. The normalized spacial score (nSPS) is 11.1. The third kappa shape index (κ3) is 3.15. The Morgan fingerprint density at radius 3 is 2.06 bits per heavy atom. The summed E-state index contributed by atoms with van der Waals surface area (Å²) in [4.78, 5) is 12.5. The first-order valence-electron chi connectivity index (χ1n) is 4.46. The van der Waals surface area contributed by atoms with E-state index in [2.05, 4.69) is 5.32 Å². The van der Waals surface area contributed by atoms with Crippen LogP contribution in [-0.4, -0.2) is 25.0 Å². The van der Waals surface area contributed by atoms with Crippen molar-refractivity contribution in [3.8, 4) is 0 Å². The molecule has 3 nitrogen and oxygen atoms in total. The summed E-state index contributed by atoms with van der Waals surface area (Å²) in [6.45, 7) is 0. The van der Waals surface area contributed by atoms with Gasteiger partial charge in [0.1, 0.15) is 0 Å². The Kier molecular flexibility index (Phi) is 3.41. The first kappa shape index (κ1) is 12.4. The molecule has 0 atom stereocenters. The maximum atomic E-state index is 12.2. The molecule has 0 aromatic heterocycles. The van der Waals surface area contributed by atoms with Crippen LogP contribution >= 0.6 is 0 Å². The van der Waals surface area contributed by atoms with Gasteiger partial charge in [0, 0.05) is 19.8 Å². The molecular weight excluding hydrogens is 221 g/mol. The first-order chi connectivity index (χ1) is 7.30. The topological polar surface area (TPSA) is 32.3 Å². The van der Waals surface area contributed by atoms with E-state index in [1.165, 1.54) is 17.0 Å². The zero-order valence-corrected chi connectivity index (χ0v) is 8.80. The summed E-state index contributed by atoms with van der Waals surface area (Å²) >= 11 is 0. The van der Waals surface area contributed by atoms with E-state index >= 15 is 0 Å². The van der Waals surface area contributed by atoms with Crippen molar-refractivity contribution in [2.75, 3.05) is 19.4 Å². The van der Waals surface area contributed by atoms with E-state index in [1.54, 1.807) is 14.1 Å². The first-order valence-corrected chi connectivity index (χ1v) is 4.46. The van der Waals surface area contributed by atoms with E-state index in [1.807, 2.05) is 0 Å². The molecule has 0 aliphatic carbocycles. The third-order valence-corrected chi connectivity index (χ3v) is 1.87. The van der Waals surface area contributed by atoms with Gasteiger partial charge in [-0.15, -0.1) is 0 Å². The Hall–Kier alpha value is -1.72. The Balaban J connectivity index is 2.76. The van der Waals surface area contributed by atoms with Gasteiger partial charge in [-0.05, 0) is 24.3 Å². The number of benzene rings is 1. The third-order valence-electron chi connectivity index (χ3n) is 1.87. The maximum absolute atomic E-state index is 12.2. The number of anilines is 1. The Morgan fingerprint density at radius 1 is 1.19 bits per heavy atom. The number of rotatable bonds is 1. The van der Waals surface area contributed by atoms with Crippen LogP contribution in [0.5, 0.6) is 0 Å². The molecule has 0 saturated heterocycles. The largest absolute Gasteiger partial charge is 0.416 e. The summed E-state index contributed by atoms with van der Waals surface area (Å²) < 4.78 is 36.6. The Labute approximate surface area is 90.9 Å². The lowest BCUT2D eigenvalue weighted by Gasteiger charge is -2.12. The predicted octanol–water partition coefficient (Wildman–Crippen LogP) is 2.80. The number of amides is 2. The lowest BCUT2D eigenvalue weighted by atomic mass is 10.2. The highest BCUT2D eigenvalue weighted by Crippen LogP contribution is 2.29. The van der Waals surface area contributed by atoms with E-state index in [0.717, 1.165) is 12.1 Å². The number of hydrogen-bond acceptors (Lipinski definition) is 1. The summed E-state index contributed by atoms with van der Waals surface area (Å²) in [5.41, 5.74) is -0.415. The van der Waals surface area contributed by atoms with Gasteiger partial charge in [0.25, 0.3) is 0 Å². The molecule has 0 aliphatic heterocycles. The van der Waals surface area contributed by atoms with E-state index in [9.17, 15) is 18.0 Å². The van der Waals surface area contributed by atoms with Crippen LogP contribution in [0.3, 0.4) is 0 Å². The number of nitrogens with one attached hydrogen (secondary N) is 1.